The van der Waals surface area contributed by atoms with Gasteiger partial charge in [0, 0.05) is 0 Å². The summed E-state index contributed by atoms with van der Waals surface area (Å²) in [4.78, 5) is 8.94. The fourth-order valence-corrected chi connectivity index (χ4v) is 3.70. The largest absolute Gasteiger partial charge is 0.292 e. The van der Waals surface area contributed by atoms with Gasteiger partial charge in [-0.05, 0) is 16.7 Å². The van der Waals surface area contributed by atoms with Gasteiger partial charge in [-0.1, -0.05) is 91.0 Å². The summed E-state index contributed by atoms with van der Waals surface area (Å²) in [5.74, 6) is 0.298. The lowest BCUT2D eigenvalue weighted by Crippen LogP contribution is -2.38. The van der Waals surface area contributed by atoms with Crippen LogP contribution in [-0.2, 0) is 10.4 Å². The van der Waals surface area contributed by atoms with E-state index in [4.69, 9.17) is 4.84 Å². The first-order chi connectivity index (χ1) is 13.8. The molecule has 0 aliphatic carbocycles. The van der Waals surface area contributed by atoms with Crippen LogP contribution in [0.25, 0.3) is 0 Å². The normalized spacial score (nSPS) is 11.4. The topological polar surface area (TPSA) is 39.1 Å². The van der Waals surface area contributed by atoms with E-state index in [9.17, 15) is 0 Å². The summed E-state index contributed by atoms with van der Waals surface area (Å²) in [5.41, 5.74) is 4.46. The molecule has 0 aliphatic heterocycles. The van der Waals surface area contributed by atoms with Crippen molar-refractivity contribution in [3.05, 3.63) is 120 Å². The maximum absolute atomic E-state index is 15.2. The number of imidazole rings is 1. The molecule has 4 rings (SSSR count). The molecule has 1 N–H and O–H groups in total. The molecule has 28 heavy (non-hydrogen) atoms. The molecule has 0 fully saturated rings. The lowest BCUT2D eigenvalue weighted by atomic mass is 9.77. The molecule has 4 aromatic rings. The van der Waals surface area contributed by atoms with Crippen molar-refractivity contribution in [2.75, 3.05) is 12.6 Å². The molecule has 140 valence electrons. The van der Waals surface area contributed by atoms with Crippen LogP contribution in [0.2, 0.25) is 0 Å². The van der Waals surface area contributed by atoms with E-state index in [0.29, 0.717) is 5.82 Å². The van der Waals surface area contributed by atoms with E-state index < -0.39 is 11.6 Å². The summed E-state index contributed by atoms with van der Waals surface area (Å²) >= 11 is 0. The molecule has 0 radical (unpaired) electrons. The van der Waals surface area contributed by atoms with Crippen LogP contribution >= 0.6 is 0 Å². The zero-order valence-electron chi connectivity index (χ0n) is 15.4. The Labute approximate surface area is 163 Å². The number of hydrogen-bond acceptors (Lipinski definition) is 3. The van der Waals surface area contributed by atoms with Gasteiger partial charge in [0.2, 0.25) is 0 Å². The van der Waals surface area contributed by atoms with Crippen LogP contribution in [0.1, 0.15) is 16.7 Å². The van der Waals surface area contributed by atoms with Crippen LogP contribution in [0.3, 0.4) is 0 Å². The summed E-state index contributed by atoms with van der Waals surface area (Å²) in [6.45, 7) is 0. The van der Waals surface area contributed by atoms with Crippen molar-refractivity contribution in [1.29, 1.82) is 0 Å². The smallest absolute Gasteiger partial charge is 0.287 e. The van der Waals surface area contributed by atoms with Crippen LogP contribution in [0.5, 0.6) is 0 Å². The minimum absolute atomic E-state index is 0.298. The van der Waals surface area contributed by atoms with Crippen LogP contribution in [-0.4, -0.2) is 16.7 Å². The van der Waals surface area contributed by atoms with Gasteiger partial charge < -0.3 is 0 Å². The van der Waals surface area contributed by atoms with Gasteiger partial charge in [-0.2, -0.15) is 9.37 Å². The van der Waals surface area contributed by atoms with E-state index in [1.54, 1.807) is 10.8 Å². The Morgan fingerprint density at radius 1 is 0.786 bits per heavy atom. The van der Waals surface area contributed by atoms with Crippen LogP contribution in [0.4, 0.5) is 10.2 Å². The average molecular weight is 373 g/mol. The van der Waals surface area contributed by atoms with Gasteiger partial charge in [0.05, 0.1) is 13.3 Å². The first-order valence-electron chi connectivity index (χ1n) is 8.97. The minimum Gasteiger partial charge on any atom is -0.287 e. The summed E-state index contributed by atoms with van der Waals surface area (Å²) in [6, 6.07) is 29.6. The number of nitrogens with one attached hydrogen (secondary N) is 1. The molecule has 0 atom stereocenters. The quantitative estimate of drug-likeness (QED) is 0.388. The first kappa shape index (κ1) is 17.9. The van der Waals surface area contributed by atoms with Crippen molar-refractivity contribution in [3.63, 3.8) is 0 Å². The number of benzene rings is 3. The number of nitrogens with zero attached hydrogens (tertiary/aromatic N) is 2. The van der Waals surface area contributed by atoms with Crippen molar-refractivity contribution >= 4 is 5.82 Å². The van der Waals surface area contributed by atoms with Gasteiger partial charge in [0.15, 0.2) is 5.82 Å². The zero-order chi connectivity index (χ0) is 19.4. The van der Waals surface area contributed by atoms with Crippen molar-refractivity contribution in [2.24, 2.45) is 0 Å². The van der Waals surface area contributed by atoms with E-state index in [1.807, 2.05) is 91.0 Å². The van der Waals surface area contributed by atoms with Crippen molar-refractivity contribution in [3.8, 4) is 0 Å². The van der Waals surface area contributed by atoms with Gasteiger partial charge in [-0.3, -0.25) is 9.40 Å². The first-order valence-corrected chi connectivity index (χ1v) is 8.97. The van der Waals surface area contributed by atoms with Gasteiger partial charge in [-0.15, -0.1) is 0 Å². The summed E-state index contributed by atoms with van der Waals surface area (Å²) < 4.78 is 16.8. The highest BCUT2D eigenvalue weighted by Gasteiger charge is 2.40. The van der Waals surface area contributed by atoms with E-state index >= 15 is 4.39 Å². The molecular weight excluding hydrogens is 353 g/mol. The van der Waals surface area contributed by atoms with E-state index in [2.05, 4.69) is 10.5 Å². The standard InChI is InChI=1S/C23H20FN3O/c1-28-26-21-17-27(22(24)25-21)23(18-11-5-2-6-12-18,19-13-7-3-8-14-19)20-15-9-4-10-16-20/h2-17,26H,1H3. The maximum Gasteiger partial charge on any atom is 0.292 e. The third-order valence-corrected chi connectivity index (χ3v) is 4.81. The minimum atomic E-state index is -0.936. The molecule has 1 heterocycles. The van der Waals surface area contributed by atoms with Gasteiger partial charge in [0.25, 0.3) is 6.08 Å². The summed E-state index contributed by atoms with van der Waals surface area (Å²) in [7, 11) is 1.47. The Morgan fingerprint density at radius 3 is 1.61 bits per heavy atom. The molecule has 0 unspecified atom stereocenters. The molecule has 4 nitrogen and oxygen atoms in total. The summed E-state index contributed by atoms with van der Waals surface area (Å²) in [6.07, 6.45) is 1.02. The van der Waals surface area contributed by atoms with E-state index in [0.717, 1.165) is 16.7 Å². The molecule has 0 amide bonds. The molecule has 0 aliphatic rings. The van der Waals surface area contributed by atoms with Crippen LogP contribution in [0, 0.1) is 6.08 Å². The van der Waals surface area contributed by atoms with Gasteiger partial charge in [-0.25, -0.2) is 5.48 Å². The third kappa shape index (κ3) is 2.96. The van der Waals surface area contributed by atoms with Gasteiger partial charge in [0.1, 0.15) is 5.54 Å². The molecule has 0 saturated carbocycles. The van der Waals surface area contributed by atoms with Gasteiger partial charge >= 0.3 is 0 Å². The predicted octanol–water partition coefficient (Wildman–Crippen LogP) is 4.84. The molecular formula is C23H20FN3O. The highest BCUT2D eigenvalue weighted by molar-refractivity contribution is 5.51. The lowest BCUT2D eigenvalue weighted by molar-refractivity contribution is 0.269. The van der Waals surface area contributed by atoms with Crippen molar-refractivity contribution in [1.82, 2.24) is 9.55 Å². The molecule has 0 spiro atoms. The van der Waals surface area contributed by atoms with E-state index in [-0.39, 0.29) is 0 Å². The molecule has 5 heteroatoms. The maximum atomic E-state index is 15.2. The molecule has 3 aromatic carbocycles. The highest BCUT2D eigenvalue weighted by Crippen LogP contribution is 2.41. The second kappa shape index (κ2) is 7.66. The number of hydrogen-bond donors (Lipinski definition) is 1. The van der Waals surface area contributed by atoms with Crippen molar-refractivity contribution in [2.45, 2.75) is 5.54 Å². The van der Waals surface area contributed by atoms with Crippen LogP contribution in [0.15, 0.2) is 97.2 Å². The predicted molar refractivity (Wildman–Crippen MR) is 107 cm³/mol. The summed E-state index contributed by atoms with van der Waals surface area (Å²) in [5, 5.41) is 0. The second-order valence-corrected chi connectivity index (χ2v) is 6.38. The monoisotopic (exact) mass is 373 g/mol. The number of rotatable bonds is 6. The Balaban J connectivity index is 2.11. The molecule has 1 aromatic heterocycles. The van der Waals surface area contributed by atoms with Crippen molar-refractivity contribution < 1.29 is 9.23 Å². The fraction of sp³-hybridized carbons (Fsp3) is 0.0870. The number of halogens is 1. The Bertz CT molecular complexity index is 937. The third-order valence-electron chi connectivity index (χ3n) is 4.81. The second-order valence-electron chi connectivity index (χ2n) is 6.38. The number of anilines is 1. The Morgan fingerprint density at radius 2 is 1.21 bits per heavy atom. The van der Waals surface area contributed by atoms with Crippen LogP contribution < -0.4 is 5.48 Å². The number of aromatic nitrogens is 2. The fourth-order valence-electron chi connectivity index (χ4n) is 3.70. The zero-order valence-corrected chi connectivity index (χ0v) is 15.4. The average Bonchev–Trinajstić information content (AvgIpc) is 3.12. The molecule has 0 bridgehead atoms. The Hall–Kier alpha value is -3.44. The Kier molecular flexibility index (Phi) is 4.91. The SMILES string of the molecule is CONc1cn(C(c2ccccc2)(c2ccccc2)c2ccccc2)c(F)n1. The highest BCUT2D eigenvalue weighted by atomic mass is 19.1. The van der Waals surface area contributed by atoms with E-state index in [1.165, 1.54) is 7.11 Å². The lowest BCUT2D eigenvalue weighted by Gasteiger charge is -2.37. The molecule has 0 saturated heterocycles.